The van der Waals surface area contributed by atoms with Crippen molar-refractivity contribution in [3.05, 3.63) is 71.8 Å². The number of nitrogens with zero attached hydrogens (tertiary/aromatic N) is 1. The standard InChI is InChI=1S/C32H43N3O7/c1-8-22-11-10-12-24(19-22)28(29(38)33-18-17-27(37)41-9-2)35(21(3)4)30(39)26(34-31(40)42-32(5,6)7)20-23-13-15-25(36)16-14-23/h8,10-16,19,21,26,28,36H,1,9,17-18,20H2,2-7H3,(H,33,38)(H,34,40). The summed E-state index contributed by atoms with van der Waals surface area (Å²) in [5, 5.41) is 15.2. The van der Waals surface area contributed by atoms with E-state index in [1.165, 1.54) is 17.0 Å². The minimum absolute atomic E-state index is 0.0164. The van der Waals surface area contributed by atoms with Gasteiger partial charge in [-0.15, -0.1) is 0 Å². The molecule has 0 aliphatic rings. The molecule has 0 fully saturated rings. The molecule has 0 aliphatic carbocycles. The average molecular weight is 582 g/mol. The summed E-state index contributed by atoms with van der Waals surface area (Å²) < 4.78 is 10.4. The van der Waals surface area contributed by atoms with Crippen LogP contribution in [0.15, 0.2) is 55.1 Å². The molecule has 10 heteroatoms. The molecule has 0 heterocycles. The number of rotatable bonds is 13. The van der Waals surface area contributed by atoms with Crippen molar-refractivity contribution in [2.24, 2.45) is 0 Å². The molecule has 10 nitrogen and oxygen atoms in total. The van der Waals surface area contributed by atoms with Gasteiger partial charge in [0.25, 0.3) is 0 Å². The third-order valence-corrected chi connectivity index (χ3v) is 6.10. The number of hydrogen-bond donors (Lipinski definition) is 3. The van der Waals surface area contributed by atoms with E-state index in [1.54, 1.807) is 78.0 Å². The van der Waals surface area contributed by atoms with E-state index < -0.39 is 47.6 Å². The highest BCUT2D eigenvalue weighted by atomic mass is 16.6. The van der Waals surface area contributed by atoms with Crippen LogP contribution < -0.4 is 10.6 Å². The molecule has 42 heavy (non-hydrogen) atoms. The van der Waals surface area contributed by atoms with Crippen LogP contribution in [0.4, 0.5) is 4.79 Å². The Morgan fingerprint density at radius 1 is 1.07 bits per heavy atom. The lowest BCUT2D eigenvalue weighted by atomic mass is 9.97. The van der Waals surface area contributed by atoms with Crippen molar-refractivity contribution in [1.82, 2.24) is 15.5 Å². The largest absolute Gasteiger partial charge is 0.508 e. The van der Waals surface area contributed by atoms with Gasteiger partial charge in [0.2, 0.25) is 11.8 Å². The maximum absolute atomic E-state index is 14.3. The second kappa shape index (κ2) is 15.6. The molecule has 3 amide bonds. The summed E-state index contributed by atoms with van der Waals surface area (Å²) in [6.45, 7) is 14.5. The molecule has 2 aromatic carbocycles. The first-order chi connectivity index (χ1) is 19.7. The Labute approximate surface area is 248 Å². The zero-order valence-electron chi connectivity index (χ0n) is 25.3. The van der Waals surface area contributed by atoms with Crippen LogP contribution in [0.5, 0.6) is 5.75 Å². The Bertz CT molecular complexity index is 1240. The van der Waals surface area contributed by atoms with E-state index in [2.05, 4.69) is 17.2 Å². The van der Waals surface area contributed by atoms with Crippen molar-refractivity contribution in [2.75, 3.05) is 13.2 Å². The van der Waals surface area contributed by atoms with E-state index in [0.717, 1.165) is 5.56 Å². The van der Waals surface area contributed by atoms with Crippen LogP contribution in [0.2, 0.25) is 0 Å². The summed E-state index contributed by atoms with van der Waals surface area (Å²) in [6, 6.07) is 10.7. The predicted octanol–water partition coefficient (Wildman–Crippen LogP) is 4.52. The first kappa shape index (κ1) is 33.9. The lowest BCUT2D eigenvalue weighted by Crippen LogP contribution is -2.55. The van der Waals surface area contributed by atoms with Crippen LogP contribution in [0.3, 0.4) is 0 Å². The Morgan fingerprint density at radius 3 is 2.31 bits per heavy atom. The van der Waals surface area contributed by atoms with E-state index in [1.807, 2.05) is 6.07 Å². The fraction of sp³-hybridized carbons (Fsp3) is 0.438. The van der Waals surface area contributed by atoms with Crippen LogP contribution in [0, 0.1) is 0 Å². The van der Waals surface area contributed by atoms with Crippen LogP contribution >= 0.6 is 0 Å². The smallest absolute Gasteiger partial charge is 0.408 e. The lowest BCUT2D eigenvalue weighted by Gasteiger charge is -2.37. The van der Waals surface area contributed by atoms with Crippen LogP contribution in [0.25, 0.3) is 6.08 Å². The number of nitrogens with one attached hydrogen (secondary N) is 2. The molecule has 2 unspecified atom stereocenters. The molecular weight excluding hydrogens is 538 g/mol. The Hall–Kier alpha value is -4.34. The average Bonchev–Trinajstić information content (AvgIpc) is 2.91. The van der Waals surface area contributed by atoms with Crippen LogP contribution in [0.1, 0.15) is 70.7 Å². The van der Waals surface area contributed by atoms with E-state index in [9.17, 15) is 24.3 Å². The summed E-state index contributed by atoms with van der Waals surface area (Å²) in [4.78, 5) is 54.2. The molecule has 2 aromatic rings. The maximum atomic E-state index is 14.3. The van der Waals surface area contributed by atoms with Gasteiger partial charge in [0.15, 0.2) is 0 Å². The number of benzene rings is 2. The van der Waals surface area contributed by atoms with Gasteiger partial charge in [-0.25, -0.2) is 4.79 Å². The van der Waals surface area contributed by atoms with Gasteiger partial charge >= 0.3 is 12.1 Å². The molecular formula is C32H43N3O7. The topological polar surface area (TPSA) is 134 Å². The molecule has 228 valence electrons. The highest BCUT2D eigenvalue weighted by molar-refractivity contribution is 5.92. The van der Waals surface area contributed by atoms with Crippen molar-refractivity contribution < 1.29 is 33.8 Å². The summed E-state index contributed by atoms with van der Waals surface area (Å²) in [6.07, 6.45) is 0.898. The fourth-order valence-electron chi connectivity index (χ4n) is 4.29. The fourth-order valence-corrected chi connectivity index (χ4v) is 4.29. The van der Waals surface area contributed by atoms with Gasteiger partial charge in [0, 0.05) is 19.0 Å². The molecule has 0 saturated carbocycles. The molecule has 0 aromatic heterocycles. The number of hydrogen-bond acceptors (Lipinski definition) is 7. The quantitative estimate of drug-likeness (QED) is 0.296. The van der Waals surface area contributed by atoms with Crippen molar-refractivity contribution in [3.8, 4) is 5.75 Å². The summed E-state index contributed by atoms with van der Waals surface area (Å²) in [5.74, 6) is -1.40. The van der Waals surface area contributed by atoms with Gasteiger partial charge in [-0.2, -0.15) is 0 Å². The number of amides is 3. The summed E-state index contributed by atoms with van der Waals surface area (Å²) in [5.41, 5.74) is 1.15. The second-order valence-corrected chi connectivity index (χ2v) is 11.0. The molecule has 0 saturated heterocycles. The zero-order valence-corrected chi connectivity index (χ0v) is 25.3. The van der Waals surface area contributed by atoms with Crippen LogP contribution in [-0.4, -0.2) is 64.7 Å². The zero-order chi connectivity index (χ0) is 31.4. The van der Waals surface area contributed by atoms with Crippen molar-refractivity contribution >= 4 is 30.0 Å². The molecule has 3 N–H and O–H groups in total. The van der Waals surface area contributed by atoms with Gasteiger partial charge < -0.3 is 30.1 Å². The van der Waals surface area contributed by atoms with Gasteiger partial charge in [-0.05, 0) is 76.4 Å². The molecule has 0 aliphatic heterocycles. The number of phenolic OH excluding ortho intramolecular Hbond substituents is 1. The second-order valence-electron chi connectivity index (χ2n) is 11.0. The van der Waals surface area contributed by atoms with Crippen molar-refractivity contribution in [2.45, 2.75) is 78.1 Å². The molecule has 2 rings (SSSR count). The summed E-state index contributed by atoms with van der Waals surface area (Å²) >= 11 is 0. The van der Waals surface area contributed by atoms with Crippen molar-refractivity contribution in [1.29, 1.82) is 0 Å². The Kier molecular flexibility index (Phi) is 12.6. The Morgan fingerprint density at radius 2 is 1.74 bits per heavy atom. The van der Waals surface area contributed by atoms with Gasteiger partial charge in [0.05, 0.1) is 13.0 Å². The lowest BCUT2D eigenvalue weighted by molar-refractivity contribution is -0.145. The molecule has 0 bridgehead atoms. The van der Waals surface area contributed by atoms with E-state index >= 15 is 0 Å². The number of phenols is 1. The van der Waals surface area contributed by atoms with E-state index in [0.29, 0.717) is 11.1 Å². The molecule has 2 atom stereocenters. The number of carbonyl (C=O) groups excluding carboxylic acids is 4. The number of ether oxygens (including phenoxy) is 2. The first-order valence-corrected chi connectivity index (χ1v) is 14.0. The highest BCUT2D eigenvalue weighted by Crippen LogP contribution is 2.27. The summed E-state index contributed by atoms with van der Waals surface area (Å²) in [7, 11) is 0. The molecule has 0 spiro atoms. The predicted molar refractivity (Wildman–Crippen MR) is 160 cm³/mol. The highest BCUT2D eigenvalue weighted by Gasteiger charge is 2.38. The number of alkyl carbamates (subject to hydrolysis) is 1. The van der Waals surface area contributed by atoms with E-state index in [4.69, 9.17) is 9.47 Å². The van der Waals surface area contributed by atoms with Gasteiger partial charge in [-0.1, -0.05) is 43.0 Å². The Balaban J connectivity index is 2.52. The minimum Gasteiger partial charge on any atom is -0.508 e. The van der Waals surface area contributed by atoms with E-state index in [-0.39, 0.29) is 31.7 Å². The minimum atomic E-state index is -1.11. The number of aromatic hydroxyl groups is 1. The first-order valence-electron chi connectivity index (χ1n) is 14.0. The third kappa shape index (κ3) is 10.6. The maximum Gasteiger partial charge on any atom is 0.408 e. The van der Waals surface area contributed by atoms with Crippen molar-refractivity contribution in [3.63, 3.8) is 0 Å². The third-order valence-electron chi connectivity index (χ3n) is 6.10. The van der Waals surface area contributed by atoms with Gasteiger partial charge in [-0.3, -0.25) is 14.4 Å². The van der Waals surface area contributed by atoms with Gasteiger partial charge in [0.1, 0.15) is 23.4 Å². The monoisotopic (exact) mass is 581 g/mol. The number of esters is 1. The normalized spacial score (nSPS) is 12.5. The number of carbonyl (C=O) groups is 4. The SMILES string of the molecule is C=Cc1cccc(C(C(=O)NCCC(=O)OCC)N(C(=O)C(Cc2ccc(O)cc2)NC(=O)OC(C)(C)C)C(C)C)c1. The molecule has 0 radical (unpaired) electrons. The van der Waals surface area contributed by atoms with Crippen LogP contribution in [-0.2, 0) is 30.3 Å².